The zero-order valence-electron chi connectivity index (χ0n) is 24.5. The molecule has 1 N–H and O–H groups in total. The standard InChI is InChI=1S/C33H37N5O5/c1-42-25-3-2-13-37(20-25)30-10-5-22-15-21(4-8-28(22)34-30)17-36-14-12-26(19-36)43-24-6-7-27-23(16-24)18-38(33(27)41)29-9-11-31(39)35-32(29)40/h4-8,10,15-16,25-26,29H,2-3,9,11-14,17-20H2,1H3,(H,35,39,40)/t25-,26-,29?/m0/s1. The molecule has 3 fully saturated rings. The molecule has 3 amide bonds. The number of imide groups is 1. The average Bonchev–Trinajstić information content (AvgIpc) is 3.59. The van der Waals surface area contributed by atoms with Crippen LogP contribution in [0.5, 0.6) is 5.75 Å². The summed E-state index contributed by atoms with van der Waals surface area (Å²) in [6, 6.07) is 15.8. The number of carbonyl (C=O) groups is 3. The smallest absolute Gasteiger partial charge is 0.255 e. The zero-order chi connectivity index (χ0) is 29.5. The van der Waals surface area contributed by atoms with Crippen molar-refractivity contribution < 1.29 is 23.9 Å². The lowest BCUT2D eigenvalue weighted by Gasteiger charge is -2.32. The number of nitrogens with one attached hydrogen (secondary N) is 1. The summed E-state index contributed by atoms with van der Waals surface area (Å²) in [5.74, 6) is 0.900. The molecule has 1 unspecified atom stereocenters. The Morgan fingerprint density at radius 1 is 0.953 bits per heavy atom. The fourth-order valence-electron chi connectivity index (χ4n) is 6.89. The summed E-state index contributed by atoms with van der Waals surface area (Å²) in [4.78, 5) is 48.1. The van der Waals surface area contributed by atoms with Crippen molar-refractivity contribution in [2.24, 2.45) is 0 Å². The molecule has 5 heterocycles. The summed E-state index contributed by atoms with van der Waals surface area (Å²) in [6.45, 7) is 4.86. The summed E-state index contributed by atoms with van der Waals surface area (Å²) < 4.78 is 11.9. The number of fused-ring (bicyclic) bond motifs is 2. The molecule has 2 aromatic carbocycles. The number of benzene rings is 2. The number of amides is 3. The summed E-state index contributed by atoms with van der Waals surface area (Å²) in [6.07, 6.45) is 4.08. The van der Waals surface area contributed by atoms with E-state index in [0.717, 1.165) is 80.0 Å². The van der Waals surface area contributed by atoms with Gasteiger partial charge in [-0.2, -0.15) is 0 Å². The van der Waals surface area contributed by atoms with Crippen molar-refractivity contribution in [3.63, 3.8) is 0 Å². The van der Waals surface area contributed by atoms with Gasteiger partial charge >= 0.3 is 0 Å². The van der Waals surface area contributed by atoms with Crippen LogP contribution < -0.4 is 15.0 Å². The predicted octanol–water partition coefficient (Wildman–Crippen LogP) is 3.26. The number of aromatic nitrogens is 1. The molecule has 0 bridgehead atoms. The predicted molar refractivity (Wildman–Crippen MR) is 161 cm³/mol. The molecule has 1 aromatic heterocycles. The Labute approximate surface area is 250 Å². The second-order valence-corrected chi connectivity index (χ2v) is 12.1. The van der Waals surface area contributed by atoms with E-state index in [1.165, 1.54) is 5.56 Å². The number of rotatable bonds is 7. The Balaban J connectivity index is 0.953. The van der Waals surface area contributed by atoms with Crippen LogP contribution in [-0.2, 0) is 27.4 Å². The number of carbonyl (C=O) groups excluding carboxylic acids is 3. The number of likely N-dealkylation sites (tertiary alicyclic amines) is 1. The van der Waals surface area contributed by atoms with Crippen molar-refractivity contribution in [3.8, 4) is 5.75 Å². The molecule has 0 saturated carbocycles. The van der Waals surface area contributed by atoms with Gasteiger partial charge in [-0.15, -0.1) is 0 Å². The van der Waals surface area contributed by atoms with Crippen LogP contribution in [0.3, 0.4) is 0 Å². The van der Waals surface area contributed by atoms with Crippen LogP contribution >= 0.6 is 0 Å². The van der Waals surface area contributed by atoms with E-state index in [0.29, 0.717) is 18.5 Å². The Kier molecular flexibility index (Phi) is 7.48. The minimum atomic E-state index is -0.614. The molecular weight excluding hydrogens is 546 g/mol. The van der Waals surface area contributed by atoms with Crippen LogP contribution in [-0.4, -0.2) is 84.0 Å². The first kappa shape index (κ1) is 27.8. The minimum Gasteiger partial charge on any atom is -0.489 e. The van der Waals surface area contributed by atoms with Crippen molar-refractivity contribution in [2.45, 2.75) is 63.4 Å². The third-order valence-electron chi connectivity index (χ3n) is 9.21. The molecule has 10 heteroatoms. The molecule has 0 aliphatic carbocycles. The van der Waals surface area contributed by atoms with Gasteiger partial charge in [-0.25, -0.2) is 4.98 Å². The van der Waals surface area contributed by atoms with Gasteiger partial charge in [0.2, 0.25) is 11.8 Å². The SMILES string of the molecule is CO[C@H]1CCCN(c2ccc3cc(CN4CC[C@H](Oc5ccc6c(c5)CN(C5CCC(=O)NC5=O)C6=O)C4)ccc3n2)C1. The summed E-state index contributed by atoms with van der Waals surface area (Å²) >= 11 is 0. The zero-order valence-corrected chi connectivity index (χ0v) is 24.5. The first-order valence-corrected chi connectivity index (χ1v) is 15.3. The fourth-order valence-corrected chi connectivity index (χ4v) is 6.89. The number of hydrogen-bond donors (Lipinski definition) is 1. The quantitative estimate of drug-likeness (QED) is 0.423. The molecule has 4 aliphatic rings. The Morgan fingerprint density at radius 2 is 1.86 bits per heavy atom. The van der Waals surface area contributed by atoms with Gasteiger partial charge < -0.3 is 19.3 Å². The average molecular weight is 584 g/mol. The van der Waals surface area contributed by atoms with Crippen molar-refractivity contribution in [1.29, 1.82) is 0 Å². The lowest BCUT2D eigenvalue weighted by Crippen LogP contribution is -2.52. The number of nitrogens with zero attached hydrogens (tertiary/aromatic N) is 4. The molecule has 3 atom stereocenters. The lowest BCUT2D eigenvalue weighted by atomic mass is 10.0. The second kappa shape index (κ2) is 11.6. The maximum Gasteiger partial charge on any atom is 0.255 e. The number of ether oxygens (including phenoxy) is 2. The first-order chi connectivity index (χ1) is 20.9. The van der Waals surface area contributed by atoms with Gasteiger partial charge in [0.1, 0.15) is 23.7 Å². The lowest BCUT2D eigenvalue weighted by molar-refractivity contribution is -0.136. The molecule has 3 aromatic rings. The highest BCUT2D eigenvalue weighted by Crippen LogP contribution is 2.31. The summed E-state index contributed by atoms with van der Waals surface area (Å²) in [7, 11) is 1.79. The third-order valence-corrected chi connectivity index (χ3v) is 9.21. The van der Waals surface area contributed by atoms with E-state index in [4.69, 9.17) is 14.5 Å². The van der Waals surface area contributed by atoms with Gasteiger partial charge in [-0.1, -0.05) is 6.07 Å². The highest BCUT2D eigenvalue weighted by Gasteiger charge is 2.39. The van der Waals surface area contributed by atoms with Crippen molar-refractivity contribution in [2.75, 3.05) is 38.2 Å². The summed E-state index contributed by atoms with van der Waals surface area (Å²) in [5.41, 5.74) is 3.71. The van der Waals surface area contributed by atoms with Gasteiger partial charge in [-0.3, -0.25) is 24.6 Å². The molecule has 0 spiro atoms. The van der Waals surface area contributed by atoms with Crippen LogP contribution in [0, 0.1) is 0 Å². The monoisotopic (exact) mass is 583 g/mol. The minimum absolute atomic E-state index is 0.0616. The van der Waals surface area contributed by atoms with E-state index in [1.54, 1.807) is 18.1 Å². The van der Waals surface area contributed by atoms with Gasteiger partial charge in [0, 0.05) is 63.7 Å². The first-order valence-electron chi connectivity index (χ1n) is 15.3. The van der Waals surface area contributed by atoms with E-state index in [1.807, 2.05) is 12.1 Å². The topological polar surface area (TPSA) is 104 Å². The molecule has 4 aliphatic heterocycles. The Morgan fingerprint density at radius 3 is 2.72 bits per heavy atom. The highest BCUT2D eigenvalue weighted by molar-refractivity contribution is 6.05. The normalized spacial score (nSPS) is 24.5. The van der Waals surface area contributed by atoms with Crippen molar-refractivity contribution in [1.82, 2.24) is 20.1 Å². The third kappa shape index (κ3) is 5.69. The molecule has 0 radical (unpaired) electrons. The Bertz CT molecular complexity index is 1580. The Hall–Kier alpha value is -4.02. The molecule has 3 saturated heterocycles. The number of anilines is 1. The van der Waals surface area contributed by atoms with Crippen LogP contribution in [0.2, 0.25) is 0 Å². The molecular formula is C33H37N5O5. The maximum absolute atomic E-state index is 13.0. The number of methoxy groups -OCH3 is 1. The van der Waals surface area contributed by atoms with E-state index >= 15 is 0 Å². The van der Waals surface area contributed by atoms with Crippen LogP contribution in [0.1, 0.15) is 53.6 Å². The summed E-state index contributed by atoms with van der Waals surface area (Å²) in [5, 5.41) is 3.50. The molecule has 224 valence electrons. The van der Waals surface area contributed by atoms with Crippen LogP contribution in [0.25, 0.3) is 10.9 Å². The van der Waals surface area contributed by atoms with E-state index in [9.17, 15) is 14.4 Å². The second-order valence-electron chi connectivity index (χ2n) is 12.1. The molecule has 43 heavy (non-hydrogen) atoms. The number of hydrogen-bond acceptors (Lipinski definition) is 8. The van der Waals surface area contributed by atoms with Gasteiger partial charge in [-0.05, 0) is 79.3 Å². The van der Waals surface area contributed by atoms with Gasteiger partial charge in [0.15, 0.2) is 0 Å². The van der Waals surface area contributed by atoms with Crippen LogP contribution in [0.4, 0.5) is 5.82 Å². The van der Waals surface area contributed by atoms with E-state index in [2.05, 4.69) is 45.4 Å². The number of piperidine rings is 2. The van der Waals surface area contributed by atoms with Crippen LogP contribution in [0.15, 0.2) is 48.5 Å². The van der Waals surface area contributed by atoms with Gasteiger partial charge in [0.05, 0.1) is 11.6 Å². The molecule has 7 rings (SSSR count). The van der Waals surface area contributed by atoms with Gasteiger partial charge in [0.25, 0.3) is 5.91 Å². The number of pyridine rings is 1. The van der Waals surface area contributed by atoms with Crippen molar-refractivity contribution in [3.05, 3.63) is 65.2 Å². The largest absolute Gasteiger partial charge is 0.489 e. The highest BCUT2D eigenvalue weighted by atomic mass is 16.5. The van der Waals surface area contributed by atoms with E-state index < -0.39 is 11.9 Å². The maximum atomic E-state index is 13.0. The van der Waals surface area contributed by atoms with Crippen molar-refractivity contribution >= 4 is 34.4 Å². The molecule has 10 nitrogen and oxygen atoms in total. The fraction of sp³-hybridized carbons (Fsp3) is 0.455. The van der Waals surface area contributed by atoms with E-state index in [-0.39, 0.29) is 30.4 Å².